The molecule has 1 aromatic carbocycles. The Morgan fingerprint density at radius 2 is 2.25 bits per heavy atom. The van der Waals surface area contributed by atoms with Gasteiger partial charge < -0.3 is 15.0 Å². The summed E-state index contributed by atoms with van der Waals surface area (Å²) in [5.74, 6) is 1.53. The van der Waals surface area contributed by atoms with Gasteiger partial charge in [-0.2, -0.15) is 0 Å². The van der Waals surface area contributed by atoms with E-state index in [-0.39, 0.29) is 5.91 Å². The van der Waals surface area contributed by atoms with Gasteiger partial charge in [0.1, 0.15) is 5.75 Å². The topological polar surface area (TPSA) is 41.6 Å². The van der Waals surface area contributed by atoms with E-state index in [0.29, 0.717) is 12.3 Å². The van der Waals surface area contributed by atoms with Crippen LogP contribution in [0.1, 0.15) is 25.7 Å². The number of ether oxygens (including phenoxy) is 1. The van der Waals surface area contributed by atoms with Gasteiger partial charge in [0.25, 0.3) is 0 Å². The number of carbonyl (C=O) groups is 1. The van der Waals surface area contributed by atoms with Crippen molar-refractivity contribution < 1.29 is 9.53 Å². The number of para-hydroxylation sites is 2. The van der Waals surface area contributed by atoms with Crippen LogP contribution < -0.4 is 15.0 Å². The summed E-state index contributed by atoms with van der Waals surface area (Å²) in [6.45, 7) is 2.16. The maximum absolute atomic E-state index is 12.3. The molecule has 0 radical (unpaired) electrons. The van der Waals surface area contributed by atoms with E-state index in [1.807, 2.05) is 31.3 Å². The lowest BCUT2D eigenvalue weighted by Crippen LogP contribution is -2.32. The van der Waals surface area contributed by atoms with E-state index in [0.717, 1.165) is 30.9 Å². The summed E-state index contributed by atoms with van der Waals surface area (Å²) in [6.07, 6.45) is 4.02. The molecule has 4 nitrogen and oxygen atoms in total. The standard InChI is InChI=1S/C16H24N2O2/c1-18(14-7-3-4-8-15(14)20-2)16(19)10-9-13-6-5-11-17-12-13/h3-4,7-8,13,17H,5-6,9-12H2,1-2H3. The Hall–Kier alpha value is -1.55. The Labute approximate surface area is 121 Å². The third-order valence-electron chi connectivity index (χ3n) is 3.99. The highest BCUT2D eigenvalue weighted by atomic mass is 16.5. The Morgan fingerprint density at radius 3 is 2.95 bits per heavy atom. The number of hydrogen-bond donors (Lipinski definition) is 1. The summed E-state index contributed by atoms with van der Waals surface area (Å²) < 4.78 is 5.31. The van der Waals surface area contributed by atoms with Crippen LogP contribution in [0.25, 0.3) is 0 Å². The number of amides is 1. The molecule has 0 aliphatic carbocycles. The molecule has 0 bridgehead atoms. The molecule has 1 saturated heterocycles. The number of benzene rings is 1. The van der Waals surface area contributed by atoms with Gasteiger partial charge in [0.05, 0.1) is 12.8 Å². The maximum atomic E-state index is 12.3. The second-order valence-electron chi connectivity index (χ2n) is 5.38. The van der Waals surface area contributed by atoms with Gasteiger partial charge in [0.15, 0.2) is 0 Å². The first-order valence-corrected chi connectivity index (χ1v) is 7.32. The molecule has 2 rings (SSSR count). The van der Waals surface area contributed by atoms with Crippen molar-refractivity contribution in [3.05, 3.63) is 24.3 Å². The average molecular weight is 276 g/mol. The highest BCUT2D eigenvalue weighted by Crippen LogP contribution is 2.27. The van der Waals surface area contributed by atoms with Crippen molar-refractivity contribution in [2.45, 2.75) is 25.7 Å². The molecule has 4 heteroatoms. The van der Waals surface area contributed by atoms with Crippen LogP contribution in [0.4, 0.5) is 5.69 Å². The second kappa shape index (κ2) is 7.29. The van der Waals surface area contributed by atoms with Crippen LogP contribution in [0.3, 0.4) is 0 Å². The fraction of sp³-hybridized carbons (Fsp3) is 0.562. The van der Waals surface area contributed by atoms with Gasteiger partial charge in [0.2, 0.25) is 5.91 Å². The van der Waals surface area contributed by atoms with Gasteiger partial charge in [0, 0.05) is 13.5 Å². The number of carbonyl (C=O) groups excluding carboxylic acids is 1. The Balaban J connectivity index is 1.90. The normalized spacial score (nSPS) is 18.6. The molecule has 1 aliphatic rings. The molecule has 1 aromatic rings. The van der Waals surface area contributed by atoms with Crippen LogP contribution >= 0.6 is 0 Å². The van der Waals surface area contributed by atoms with E-state index in [2.05, 4.69) is 5.32 Å². The van der Waals surface area contributed by atoms with Crippen LogP contribution in [-0.4, -0.2) is 33.2 Å². The van der Waals surface area contributed by atoms with Gasteiger partial charge in [-0.05, 0) is 50.4 Å². The molecular formula is C16H24N2O2. The van der Waals surface area contributed by atoms with E-state index in [9.17, 15) is 4.79 Å². The number of piperidine rings is 1. The second-order valence-corrected chi connectivity index (χ2v) is 5.38. The van der Waals surface area contributed by atoms with Gasteiger partial charge in [-0.15, -0.1) is 0 Å². The number of nitrogens with zero attached hydrogens (tertiary/aromatic N) is 1. The van der Waals surface area contributed by atoms with Crippen molar-refractivity contribution in [3.8, 4) is 5.75 Å². The fourth-order valence-electron chi connectivity index (χ4n) is 2.71. The average Bonchev–Trinajstić information content (AvgIpc) is 2.52. The predicted octanol–water partition coefficient (Wildman–Crippen LogP) is 2.44. The number of hydrogen-bond acceptors (Lipinski definition) is 3. The zero-order valence-corrected chi connectivity index (χ0v) is 12.4. The van der Waals surface area contributed by atoms with Crippen molar-refractivity contribution in [1.29, 1.82) is 0 Å². The Kier molecular flexibility index (Phi) is 5.41. The van der Waals surface area contributed by atoms with E-state index >= 15 is 0 Å². The monoisotopic (exact) mass is 276 g/mol. The molecular weight excluding hydrogens is 252 g/mol. The number of rotatable bonds is 5. The van der Waals surface area contributed by atoms with Gasteiger partial charge in [-0.1, -0.05) is 12.1 Å². The summed E-state index contributed by atoms with van der Waals surface area (Å²) in [5, 5.41) is 3.39. The lowest BCUT2D eigenvalue weighted by molar-refractivity contribution is -0.118. The first-order chi connectivity index (χ1) is 9.72. The van der Waals surface area contributed by atoms with Crippen LogP contribution in [0.2, 0.25) is 0 Å². The van der Waals surface area contributed by atoms with Crippen LogP contribution in [-0.2, 0) is 4.79 Å². The lowest BCUT2D eigenvalue weighted by Gasteiger charge is -2.24. The van der Waals surface area contributed by atoms with Gasteiger partial charge in [-0.3, -0.25) is 4.79 Å². The molecule has 1 heterocycles. The largest absolute Gasteiger partial charge is 0.495 e. The minimum absolute atomic E-state index is 0.153. The highest BCUT2D eigenvalue weighted by molar-refractivity contribution is 5.94. The minimum Gasteiger partial charge on any atom is -0.495 e. The van der Waals surface area contributed by atoms with E-state index < -0.39 is 0 Å². The van der Waals surface area contributed by atoms with Crippen LogP contribution in [0.15, 0.2) is 24.3 Å². The zero-order chi connectivity index (χ0) is 14.4. The Morgan fingerprint density at radius 1 is 1.45 bits per heavy atom. The maximum Gasteiger partial charge on any atom is 0.226 e. The molecule has 0 spiro atoms. The van der Waals surface area contributed by atoms with Crippen molar-refractivity contribution in [2.75, 3.05) is 32.1 Å². The summed E-state index contributed by atoms with van der Waals surface area (Å²) in [5.41, 5.74) is 0.835. The summed E-state index contributed by atoms with van der Waals surface area (Å²) in [4.78, 5) is 14.0. The van der Waals surface area contributed by atoms with Crippen molar-refractivity contribution in [2.24, 2.45) is 5.92 Å². The minimum atomic E-state index is 0.153. The summed E-state index contributed by atoms with van der Waals surface area (Å²) in [7, 11) is 3.45. The zero-order valence-electron chi connectivity index (χ0n) is 12.4. The molecule has 20 heavy (non-hydrogen) atoms. The van der Waals surface area contributed by atoms with E-state index in [4.69, 9.17) is 4.74 Å². The summed E-state index contributed by atoms with van der Waals surface area (Å²) >= 11 is 0. The first kappa shape index (κ1) is 14.9. The third-order valence-corrected chi connectivity index (χ3v) is 3.99. The molecule has 1 fully saturated rings. The first-order valence-electron chi connectivity index (χ1n) is 7.32. The number of anilines is 1. The van der Waals surface area contributed by atoms with Gasteiger partial charge >= 0.3 is 0 Å². The molecule has 0 saturated carbocycles. The van der Waals surface area contributed by atoms with Crippen LogP contribution in [0.5, 0.6) is 5.75 Å². The Bertz CT molecular complexity index is 442. The molecule has 1 atom stereocenters. The smallest absolute Gasteiger partial charge is 0.226 e. The van der Waals surface area contributed by atoms with E-state index in [1.54, 1.807) is 12.0 Å². The van der Waals surface area contributed by atoms with Gasteiger partial charge in [-0.25, -0.2) is 0 Å². The van der Waals surface area contributed by atoms with Crippen molar-refractivity contribution in [1.82, 2.24) is 5.32 Å². The number of nitrogens with one attached hydrogen (secondary N) is 1. The molecule has 1 amide bonds. The fourth-order valence-corrected chi connectivity index (χ4v) is 2.71. The third kappa shape index (κ3) is 3.73. The number of methoxy groups -OCH3 is 1. The molecule has 1 N–H and O–H groups in total. The summed E-state index contributed by atoms with van der Waals surface area (Å²) in [6, 6.07) is 7.63. The molecule has 110 valence electrons. The van der Waals surface area contributed by atoms with Crippen LogP contribution in [0, 0.1) is 5.92 Å². The quantitative estimate of drug-likeness (QED) is 0.898. The molecule has 1 aliphatic heterocycles. The van der Waals surface area contributed by atoms with E-state index in [1.165, 1.54) is 12.8 Å². The lowest BCUT2D eigenvalue weighted by atomic mass is 9.94. The van der Waals surface area contributed by atoms with Crippen molar-refractivity contribution in [3.63, 3.8) is 0 Å². The van der Waals surface area contributed by atoms with Crippen molar-refractivity contribution >= 4 is 11.6 Å². The molecule has 1 unspecified atom stereocenters. The molecule has 0 aromatic heterocycles. The SMILES string of the molecule is COc1ccccc1N(C)C(=O)CCC1CCCNC1. The highest BCUT2D eigenvalue weighted by Gasteiger charge is 2.18. The predicted molar refractivity (Wildman–Crippen MR) is 81.2 cm³/mol.